The quantitative estimate of drug-likeness (QED) is 0.781. The van der Waals surface area contributed by atoms with Gasteiger partial charge in [-0.2, -0.15) is 0 Å². The van der Waals surface area contributed by atoms with Crippen LogP contribution in [0.2, 0.25) is 0 Å². The van der Waals surface area contributed by atoms with E-state index in [-0.39, 0.29) is 0 Å². The highest BCUT2D eigenvalue weighted by atomic mass is 79.9. The highest BCUT2D eigenvalue weighted by Gasteiger charge is 2.24. The van der Waals surface area contributed by atoms with E-state index in [0.717, 1.165) is 11.8 Å². The van der Waals surface area contributed by atoms with E-state index in [9.17, 15) is 0 Å². The van der Waals surface area contributed by atoms with Crippen molar-refractivity contribution in [1.29, 1.82) is 0 Å². The molecule has 1 aliphatic carbocycles. The zero-order chi connectivity index (χ0) is 13.3. The molecule has 1 nitrogen and oxygen atoms in total. The SMILES string of the molecule is Cc1cc(C)c(NC2CC(C)CC(C)C2)c(Br)c1. The van der Waals surface area contributed by atoms with E-state index >= 15 is 0 Å². The number of nitrogens with one attached hydrogen (secondary N) is 1. The molecule has 2 unspecified atom stereocenters. The fraction of sp³-hybridized carbons (Fsp3) is 0.625. The van der Waals surface area contributed by atoms with Crippen molar-refractivity contribution >= 4 is 21.6 Å². The van der Waals surface area contributed by atoms with E-state index in [1.54, 1.807) is 0 Å². The fourth-order valence-corrected chi connectivity index (χ4v) is 4.16. The van der Waals surface area contributed by atoms with Gasteiger partial charge in [0.25, 0.3) is 0 Å². The molecule has 0 heterocycles. The average molecular weight is 310 g/mol. The summed E-state index contributed by atoms with van der Waals surface area (Å²) in [6.07, 6.45) is 3.97. The van der Waals surface area contributed by atoms with E-state index < -0.39 is 0 Å². The van der Waals surface area contributed by atoms with Crippen LogP contribution < -0.4 is 5.32 Å². The average Bonchev–Trinajstić information content (AvgIpc) is 2.22. The second-order valence-electron chi connectivity index (χ2n) is 6.20. The monoisotopic (exact) mass is 309 g/mol. The van der Waals surface area contributed by atoms with Gasteiger partial charge in [0.2, 0.25) is 0 Å². The number of hydrogen-bond donors (Lipinski definition) is 1. The molecule has 1 aromatic rings. The third-order valence-corrected chi connectivity index (χ3v) is 4.58. The van der Waals surface area contributed by atoms with Crippen LogP contribution >= 0.6 is 15.9 Å². The first-order valence-electron chi connectivity index (χ1n) is 6.99. The van der Waals surface area contributed by atoms with Crippen molar-refractivity contribution in [2.45, 2.75) is 53.0 Å². The lowest BCUT2D eigenvalue weighted by atomic mass is 9.80. The molecular weight excluding hydrogens is 286 g/mol. The summed E-state index contributed by atoms with van der Waals surface area (Å²) < 4.78 is 1.20. The Balaban J connectivity index is 2.14. The molecule has 100 valence electrons. The van der Waals surface area contributed by atoms with E-state index in [1.807, 2.05) is 0 Å². The van der Waals surface area contributed by atoms with Gasteiger partial charge >= 0.3 is 0 Å². The first kappa shape index (κ1) is 13.9. The van der Waals surface area contributed by atoms with Crippen LogP contribution in [0.4, 0.5) is 5.69 Å². The highest BCUT2D eigenvalue weighted by Crippen LogP contribution is 2.34. The molecule has 1 fully saturated rings. The topological polar surface area (TPSA) is 12.0 Å². The molecule has 1 N–H and O–H groups in total. The summed E-state index contributed by atoms with van der Waals surface area (Å²) in [6.45, 7) is 9.09. The molecule has 1 aliphatic rings. The molecule has 0 bridgehead atoms. The molecule has 2 atom stereocenters. The van der Waals surface area contributed by atoms with Gasteiger partial charge in [0, 0.05) is 10.5 Å². The summed E-state index contributed by atoms with van der Waals surface area (Å²) in [5.41, 5.74) is 3.94. The molecular formula is C16H24BrN. The lowest BCUT2D eigenvalue weighted by molar-refractivity contribution is 0.280. The van der Waals surface area contributed by atoms with Crippen LogP contribution in [0.3, 0.4) is 0 Å². The zero-order valence-corrected chi connectivity index (χ0v) is 13.5. The summed E-state index contributed by atoms with van der Waals surface area (Å²) in [4.78, 5) is 0. The molecule has 0 radical (unpaired) electrons. The Morgan fingerprint density at radius 3 is 2.22 bits per heavy atom. The van der Waals surface area contributed by atoms with Gasteiger partial charge in [-0.3, -0.25) is 0 Å². The van der Waals surface area contributed by atoms with Crippen LogP contribution in [0.25, 0.3) is 0 Å². The summed E-state index contributed by atoms with van der Waals surface area (Å²) in [5.74, 6) is 1.69. The lowest BCUT2D eigenvalue weighted by Gasteiger charge is -2.33. The van der Waals surface area contributed by atoms with Gasteiger partial charge in [0.1, 0.15) is 0 Å². The first-order chi connectivity index (χ1) is 8.45. The molecule has 2 heteroatoms. The predicted octanol–water partition coefficient (Wildman–Crippen LogP) is 5.30. The fourth-order valence-electron chi connectivity index (χ4n) is 3.37. The number of halogens is 1. The third kappa shape index (κ3) is 3.28. The van der Waals surface area contributed by atoms with Gasteiger partial charge in [-0.15, -0.1) is 0 Å². The maximum absolute atomic E-state index is 3.76. The van der Waals surface area contributed by atoms with Crippen LogP contribution in [0.5, 0.6) is 0 Å². The molecule has 1 aromatic carbocycles. The number of anilines is 1. The maximum Gasteiger partial charge on any atom is 0.0516 e. The van der Waals surface area contributed by atoms with Gasteiger partial charge in [-0.1, -0.05) is 19.9 Å². The molecule has 18 heavy (non-hydrogen) atoms. The van der Waals surface area contributed by atoms with Crippen LogP contribution in [-0.4, -0.2) is 6.04 Å². The second-order valence-corrected chi connectivity index (χ2v) is 7.05. The Labute approximate surface area is 119 Å². The smallest absolute Gasteiger partial charge is 0.0516 e. The lowest BCUT2D eigenvalue weighted by Crippen LogP contribution is -2.30. The molecule has 1 saturated carbocycles. The first-order valence-corrected chi connectivity index (χ1v) is 7.78. The minimum atomic E-state index is 0.626. The largest absolute Gasteiger partial charge is 0.381 e. The van der Waals surface area contributed by atoms with Gasteiger partial charge in [-0.25, -0.2) is 0 Å². The minimum absolute atomic E-state index is 0.626. The van der Waals surface area contributed by atoms with Crippen LogP contribution in [0.15, 0.2) is 16.6 Å². The number of rotatable bonds is 2. The van der Waals surface area contributed by atoms with E-state index in [0.29, 0.717) is 6.04 Å². The third-order valence-electron chi connectivity index (χ3n) is 3.96. The Bertz CT molecular complexity index is 394. The zero-order valence-electron chi connectivity index (χ0n) is 11.9. The van der Waals surface area contributed by atoms with Gasteiger partial charge in [0.15, 0.2) is 0 Å². The van der Waals surface area contributed by atoms with Crippen molar-refractivity contribution in [1.82, 2.24) is 0 Å². The van der Waals surface area contributed by atoms with E-state index in [1.165, 1.54) is 40.5 Å². The van der Waals surface area contributed by atoms with Gasteiger partial charge in [0.05, 0.1) is 5.69 Å². The summed E-state index contributed by atoms with van der Waals surface area (Å²) in [7, 11) is 0. The molecule has 0 aliphatic heterocycles. The summed E-state index contributed by atoms with van der Waals surface area (Å²) in [5, 5.41) is 3.76. The Hall–Kier alpha value is -0.500. The van der Waals surface area contributed by atoms with Crippen LogP contribution in [-0.2, 0) is 0 Å². The van der Waals surface area contributed by atoms with Crippen molar-refractivity contribution < 1.29 is 0 Å². The van der Waals surface area contributed by atoms with Crippen molar-refractivity contribution in [3.8, 4) is 0 Å². The van der Waals surface area contributed by atoms with Crippen molar-refractivity contribution in [2.75, 3.05) is 5.32 Å². The maximum atomic E-state index is 3.76. The number of hydrogen-bond acceptors (Lipinski definition) is 1. The van der Waals surface area contributed by atoms with Crippen LogP contribution in [0, 0.1) is 25.7 Å². The van der Waals surface area contributed by atoms with Gasteiger partial charge < -0.3 is 5.32 Å². The van der Waals surface area contributed by atoms with Crippen molar-refractivity contribution in [3.63, 3.8) is 0 Å². The van der Waals surface area contributed by atoms with Gasteiger partial charge in [-0.05, 0) is 78.1 Å². The molecule has 0 amide bonds. The Morgan fingerprint density at radius 2 is 1.67 bits per heavy atom. The standard InChI is InChI=1S/C16H24BrN/c1-10-5-11(2)8-14(7-10)18-16-13(4)6-12(3)9-15(16)17/h6,9-11,14,18H,5,7-8H2,1-4H3. The molecule has 0 saturated heterocycles. The number of benzene rings is 1. The minimum Gasteiger partial charge on any atom is -0.381 e. The van der Waals surface area contributed by atoms with E-state index in [4.69, 9.17) is 0 Å². The predicted molar refractivity (Wildman–Crippen MR) is 83.2 cm³/mol. The Morgan fingerprint density at radius 1 is 1.06 bits per heavy atom. The van der Waals surface area contributed by atoms with Crippen molar-refractivity contribution in [3.05, 3.63) is 27.7 Å². The summed E-state index contributed by atoms with van der Waals surface area (Å²) >= 11 is 3.69. The Kier molecular flexibility index (Phi) is 4.37. The molecule has 0 spiro atoms. The van der Waals surface area contributed by atoms with Crippen LogP contribution in [0.1, 0.15) is 44.2 Å². The van der Waals surface area contributed by atoms with E-state index in [2.05, 4.69) is 61.1 Å². The van der Waals surface area contributed by atoms with Crippen molar-refractivity contribution in [2.24, 2.45) is 11.8 Å². The number of aryl methyl sites for hydroxylation is 2. The second kappa shape index (κ2) is 5.64. The molecule has 0 aromatic heterocycles. The molecule has 2 rings (SSSR count). The summed E-state index contributed by atoms with van der Waals surface area (Å²) in [6, 6.07) is 5.08. The normalized spacial score (nSPS) is 28.2. The highest BCUT2D eigenvalue weighted by molar-refractivity contribution is 9.10.